The van der Waals surface area contributed by atoms with Gasteiger partial charge in [-0.25, -0.2) is 4.79 Å². The number of carbonyl (C=O) groups excluding carboxylic acids is 1. The molecule has 0 spiro atoms. The molecule has 0 aliphatic carbocycles. The van der Waals surface area contributed by atoms with E-state index in [4.69, 9.17) is 14.6 Å². The van der Waals surface area contributed by atoms with Gasteiger partial charge < -0.3 is 19.9 Å². The maximum Gasteiger partial charge on any atom is 0.330 e. The average Bonchev–Trinajstić information content (AvgIpc) is 2.69. The van der Waals surface area contributed by atoms with Crippen molar-refractivity contribution >= 4 is 17.6 Å². The SMILES string of the molecule is CCc1cc(NC(C)(C)C(=O)OC)ccc1OCCN1CCN(CC(=O)O)C(C)C1. The van der Waals surface area contributed by atoms with Crippen LogP contribution in [-0.4, -0.2) is 84.9 Å². The van der Waals surface area contributed by atoms with Crippen molar-refractivity contribution in [2.75, 3.05) is 51.8 Å². The summed E-state index contributed by atoms with van der Waals surface area (Å²) in [7, 11) is 1.38. The van der Waals surface area contributed by atoms with Gasteiger partial charge in [0.05, 0.1) is 13.7 Å². The van der Waals surface area contributed by atoms with E-state index in [9.17, 15) is 9.59 Å². The number of anilines is 1. The van der Waals surface area contributed by atoms with Crippen molar-refractivity contribution in [3.8, 4) is 5.75 Å². The third kappa shape index (κ3) is 6.60. The summed E-state index contributed by atoms with van der Waals surface area (Å²) >= 11 is 0. The number of benzene rings is 1. The van der Waals surface area contributed by atoms with E-state index in [0.717, 1.165) is 49.6 Å². The zero-order valence-corrected chi connectivity index (χ0v) is 18.7. The number of nitrogens with one attached hydrogen (secondary N) is 1. The molecule has 8 nitrogen and oxygen atoms in total. The van der Waals surface area contributed by atoms with Gasteiger partial charge in [0.2, 0.25) is 0 Å². The molecule has 2 rings (SSSR count). The lowest BCUT2D eigenvalue weighted by Crippen LogP contribution is -2.53. The Morgan fingerprint density at radius 3 is 2.63 bits per heavy atom. The van der Waals surface area contributed by atoms with E-state index in [1.54, 1.807) is 13.8 Å². The van der Waals surface area contributed by atoms with E-state index in [1.807, 2.05) is 23.1 Å². The number of piperazine rings is 1. The Kier molecular flexibility index (Phi) is 8.49. The van der Waals surface area contributed by atoms with Crippen LogP contribution in [0.4, 0.5) is 5.69 Å². The molecule has 0 radical (unpaired) electrons. The van der Waals surface area contributed by atoms with Gasteiger partial charge in [-0.15, -0.1) is 0 Å². The van der Waals surface area contributed by atoms with Crippen LogP contribution in [0.2, 0.25) is 0 Å². The number of rotatable bonds is 10. The van der Waals surface area contributed by atoms with Crippen LogP contribution in [0.1, 0.15) is 33.3 Å². The predicted octanol–water partition coefficient (Wildman–Crippen LogP) is 2.08. The van der Waals surface area contributed by atoms with Gasteiger partial charge in [-0.05, 0) is 51.0 Å². The van der Waals surface area contributed by atoms with Gasteiger partial charge >= 0.3 is 11.9 Å². The molecular weight excluding hydrogens is 386 g/mol. The monoisotopic (exact) mass is 421 g/mol. The van der Waals surface area contributed by atoms with Gasteiger partial charge in [0.25, 0.3) is 0 Å². The fraction of sp³-hybridized carbons (Fsp3) is 0.636. The largest absolute Gasteiger partial charge is 0.492 e. The highest BCUT2D eigenvalue weighted by Crippen LogP contribution is 2.26. The van der Waals surface area contributed by atoms with Crippen molar-refractivity contribution in [1.82, 2.24) is 9.80 Å². The molecule has 1 fully saturated rings. The van der Waals surface area contributed by atoms with Crippen molar-refractivity contribution in [1.29, 1.82) is 0 Å². The Morgan fingerprint density at radius 2 is 2.03 bits per heavy atom. The van der Waals surface area contributed by atoms with Crippen LogP contribution in [-0.2, 0) is 20.7 Å². The summed E-state index contributed by atoms with van der Waals surface area (Å²) in [6, 6.07) is 6.06. The first-order valence-electron chi connectivity index (χ1n) is 10.5. The molecule has 1 heterocycles. The fourth-order valence-corrected chi connectivity index (χ4v) is 3.71. The number of esters is 1. The van der Waals surface area contributed by atoms with Crippen molar-refractivity contribution in [2.45, 2.75) is 45.7 Å². The second-order valence-electron chi connectivity index (χ2n) is 8.28. The molecule has 1 atom stereocenters. The van der Waals surface area contributed by atoms with Crippen LogP contribution in [0.25, 0.3) is 0 Å². The molecule has 1 aromatic rings. The van der Waals surface area contributed by atoms with Crippen LogP contribution >= 0.6 is 0 Å². The van der Waals surface area contributed by atoms with E-state index in [2.05, 4.69) is 24.1 Å². The summed E-state index contributed by atoms with van der Waals surface area (Å²) in [4.78, 5) is 27.1. The lowest BCUT2D eigenvalue weighted by atomic mass is 10.0. The van der Waals surface area contributed by atoms with Gasteiger partial charge in [-0.3, -0.25) is 14.6 Å². The standard InChI is InChI=1S/C22H35N3O5/c1-6-17-13-18(23-22(3,4)21(28)29-5)7-8-19(17)30-12-11-24-9-10-25(15-20(26)27)16(2)14-24/h7-8,13,16,23H,6,9-12,14-15H2,1-5H3,(H,26,27). The van der Waals surface area contributed by atoms with Crippen molar-refractivity contribution in [3.63, 3.8) is 0 Å². The van der Waals surface area contributed by atoms with Crippen LogP contribution in [0.15, 0.2) is 18.2 Å². The zero-order valence-electron chi connectivity index (χ0n) is 18.7. The number of ether oxygens (including phenoxy) is 2. The molecule has 8 heteroatoms. The molecular formula is C22H35N3O5. The number of methoxy groups -OCH3 is 1. The van der Waals surface area contributed by atoms with Crippen molar-refractivity contribution in [2.24, 2.45) is 0 Å². The van der Waals surface area contributed by atoms with E-state index >= 15 is 0 Å². The van der Waals surface area contributed by atoms with E-state index in [1.165, 1.54) is 7.11 Å². The predicted molar refractivity (Wildman–Crippen MR) is 116 cm³/mol. The second kappa shape index (κ2) is 10.6. The topological polar surface area (TPSA) is 91.3 Å². The highest BCUT2D eigenvalue weighted by atomic mass is 16.5. The Balaban J connectivity index is 1.89. The van der Waals surface area contributed by atoms with Crippen LogP contribution < -0.4 is 10.1 Å². The smallest absolute Gasteiger partial charge is 0.330 e. The van der Waals surface area contributed by atoms with Crippen LogP contribution in [0, 0.1) is 0 Å². The Morgan fingerprint density at radius 1 is 1.30 bits per heavy atom. The third-order valence-corrected chi connectivity index (χ3v) is 5.45. The summed E-state index contributed by atoms with van der Waals surface area (Å²) < 4.78 is 10.9. The molecule has 1 aromatic carbocycles. The molecule has 1 aliphatic heterocycles. The van der Waals surface area contributed by atoms with E-state index < -0.39 is 11.5 Å². The van der Waals surface area contributed by atoms with Gasteiger partial charge in [-0.1, -0.05) is 6.92 Å². The van der Waals surface area contributed by atoms with Crippen LogP contribution in [0.5, 0.6) is 5.75 Å². The number of hydrogen-bond donors (Lipinski definition) is 2. The van der Waals surface area contributed by atoms with Gasteiger partial charge in [-0.2, -0.15) is 0 Å². The molecule has 0 aromatic heterocycles. The zero-order chi connectivity index (χ0) is 22.3. The van der Waals surface area contributed by atoms with Crippen LogP contribution in [0.3, 0.4) is 0 Å². The summed E-state index contributed by atoms with van der Waals surface area (Å²) in [5.74, 6) is -0.256. The summed E-state index contributed by atoms with van der Waals surface area (Å²) in [6.45, 7) is 11.6. The first-order chi connectivity index (χ1) is 14.2. The van der Waals surface area contributed by atoms with E-state index in [0.29, 0.717) is 6.61 Å². The lowest BCUT2D eigenvalue weighted by Gasteiger charge is -2.38. The highest BCUT2D eigenvalue weighted by molar-refractivity contribution is 5.83. The Bertz CT molecular complexity index is 737. The minimum atomic E-state index is -0.818. The number of nitrogens with zero attached hydrogens (tertiary/aromatic N) is 2. The number of aliphatic carboxylic acids is 1. The average molecular weight is 422 g/mol. The molecule has 30 heavy (non-hydrogen) atoms. The van der Waals surface area contributed by atoms with Crippen molar-refractivity contribution in [3.05, 3.63) is 23.8 Å². The van der Waals surface area contributed by atoms with Gasteiger partial charge in [0.1, 0.15) is 17.9 Å². The molecule has 0 bridgehead atoms. The second-order valence-corrected chi connectivity index (χ2v) is 8.28. The molecule has 2 N–H and O–H groups in total. The minimum absolute atomic E-state index is 0.0958. The fourth-order valence-electron chi connectivity index (χ4n) is 3.71. The molecule has 1 aliphatic rings. The quantitative estimate of drug-likeness (QED) is 0.555. The first kappa shape index (κ1) is 24.0. The van der Waals surface area contributed by atoms with Crippen molar-refractivity contribution < 1.29 is 24.2 Å². The molecule has 1 unspecified atom stereocenters. The highest BCUT2D eigenvalue weighted by Gasteiger charge is 2.28. The summed E-state index contributed by atoms with van der Waals surface area (Å²) in [5.41, 5.74) is 1.10. The number of carbonyl (C=O) groups is 2. The number of aryl methyl sites for hydroxylation is 1. The Labute approximate surface area is 179 Å². The number of carboxylic acids is 1. The summed E-state index contributed by atoms with van der Waals surface area (Å²) in [5, 5.41) is 12.2. The minimum Gasteiger partial charge on any atom is -0.492 e. The van der Waals surface area contributed by atoms with Gasteiger partial charge in [0, 0.05) is 37.9 Å². The molecule has 0 saturated carbocycles. The maximum atomic E-state index is 11.9. The molecule has 0 amide bonds. The maximum absolute atomic E-state index is 11.9. The summed E-state index contributed by atoms with van der Waals surface area (Å²) in [6.07, 6.45) is 0.814. The normalized spacial score (nSPS) is 18.1. The lowest BCUT2D eigenvalue weighted by molar-refractivity contribution is -0.144. The number of hydrogen-bond acceptors (Lipinski definition) is 7. The van der Waals surface area contributed by atoms with E-state index in [-0.39, 0.29) is 18.6 Å². The third-order valence-electron chi connectivity index (χ3n) is 5.45. The van der Waals surface area contributed by atoms with Gasteiger partial charge in [0.15, 0.2) is 0 Å². The first-order valence-corrected chi connectivity index (χ1v) is 10.5. The Hall–Kier alpha value is -2.32. The molecule has 1 saturated heterocycles. The number of carboxylic acid groups (broad SMARTS) is 1. The molecule has 168 valence electrons.